The van der Waals surface area contributed by atoms with Crippen molar-refractivity contribution in [2.75, 3.05) is 19.6 Å². The molecule has 7 rings (SSSR count). The van der Waals surface area contributed by atoms with Crippen molar-refractivity contribution in [2.45, 2.75) is 30.3 Å². The largest absolute Gasteiger partial charge is 0.453 e. The Labute approximate surface area is 163 Å². The Balaban J connectivity index is 1.53. The van der Waals surface area contributed by atoms with E-state index >= 15 is 0 Å². The van der Waals surface area contributed by atoms with Crippen LogP contribution in [0, 0.1) is 5.92 Å². The highest BCUT2D eigenvalue weighted by Gasteiger charge is 2.65. The topological polar surface area (TPSA) is 58.4 Å². The molecule has 1 aromatic carbocycles. The third-order valence-corrected chi connectivity index (χ3v) is 7.18. The first kappa shape index (κ1) is 16.5. The summed E-state index contributed by atoms with van der Waals surface area (Å²) in [4.78, 5) is 20.9. The summed E-state index contributed by atoms with van der Waals surface area (Å²) in [6, 6.07) is 14.0. The Bertz CT molecular complexity index is 1010. The van der Waals surface area contributed by atoms with Crippen molar-refractivity contribution < 1.29 is 9.21 Å². The zero-order chi connectivity index (χ0) is 18.7. The van der Waals surface area contributed by atoms with Crippen LogP contribution in [-0.2, 0) is 0 Å². The molecule has 0 amide bonds. The number of para-hydroxylation sites is 1. The molecule has 6 heterocycles. The van der Waals surface area contributed by atoms with Crippen LogP contribution in [0.5, 0.6) is 0 Å². The molecule has 142 valence electrons. The molecule has 0 aliphatic carbocycles. The summed E-state index contributed by atoms with van der Waals surface area (Å²) >= 11 is 0. The molecule has 4 aliphatic rings. The van der Waals surface area contributed by atoms with Gasteiger partial charge in [0.2, 0.25) is 5.78 Å². The van der Waals surface area contributed by atoms with Gasteiger partial charge in [-0.1, -0.05) is 24.3 Å². The number of carbonyl (C=O) groups is 1. The van der Waals surface area contributed by atoms with Gasteiger partial charge < -0.3 is 9.73 Å². The molecule has 4 aliphatic heterocycles. The Kier molecular flexibility index (Phi) is 3.52. The zero-order valence-corrected chi connectivity index (χ0v) is 15.7. The maximum absolute atomic E-state index is 14.2. The fraction of sp³-hybridized carbons (Fsp3) is 0.391. The second-order valence-corrected chi connectivity index (χ2v) is 8.35. The predicted molar refractivity (Wildman–Crippen MR) is 106 cm³/mol. The van der Waals surface area contributed by atoms with E-state index in [0.717, 1.165) is 49.0 Å². The number of carbonyl (C=O) groups excluding carboxylic acids is 1. The lowest BCUT2D eigenvalue weighted by Crippen LogP contribution is -2.72. The van der Waals surface area contributed by atoms with Crippen LogP contribution >= 0.6 is 0 Å². The van der Waals surface area contributed by atoms with E-state index in [9.17, 15) is 4.79 Å². The van der Waals surface area contributed by atoms with Crippen molar-refractivity contribution in [1.82, 2.24) is 15.2 Å². The standard InChI is InChI=1S/C23H23N3O2/c27-22(20-12-16-4-1-2-6-19(16)28-20)23-18(17-5-3-9-24-13-17)14-25-21(23)15-7-10-26(23)11-8-15/h1-6,9,12-13,15,18,21,25H,7-8,10-11,14H2. The third-order valence-electron chi connectivity index (χ3n) is 7.18. The van der Waals surface area contributed by atoms with Crippen LogP contribution in [0.4, 0.5) is 0 Å². The summed E-state index contributed by atoms with van der Waals surface area (Å²) in [5.41, 5.74) is 1.33. The van der Waals surface area contributed by atoms with Gasteiger partial charge in [-0.3, -0.25) is 14.7 Å². The summed E-state index contributed by atoms with van der Waals surface area (Å²) < 4.78 is 6.06. The summed E-state index contributed by atoms with van der Waals surface area (Å²) in [5, 5.41) is 4.72. The van der Waals surface area contributed by atoms with Crippen LogP contribution in [-0.4, -0.2) is 46.9 Å². The van der Waals surface area contributed by atoms with Crippen molar-refractivity contribution in [3.63, 3.8) is 0 Å². The van der Waals surface area contributed by atoms with E-state index in [1.165, 1.54) is 0 Å². The molecular weight excluding hydrogens is 350 g/mol. The lowest BCUT2D eigenvalue weighted by atomic mass is 9.63. The number of hydrogen-bond acceptors (Lipinski definition) is 5. The first-order valence-corrected chi connectivity index (χ1v) is 10.2. The Morgan fingerprint density at radius 3 is 2.82 bits per heavy atom. The number of ketones is 1. The number of rotatable bonds is 3. The second-order valence-electron chi connectivity index (χ2n) is 8.35. The minimum absolute atomic E-state index is 0.0787. The second kappa shape index (κ2) is 6.00. The highest BCUT2D eigenvalue weighted by Crippen LogP contribution is 2.51. The normalized spacial score (nSPS) is 33.9. The van der Waals surface area contributed by atoms with Gasteiger partial charge in [0.05, 0.1) is 0 Å². The van der Waals surface area contributed by atoms with E-state index in [1.54, 1.807) is 6.20 Å². The molecule has 4 saturated heterocycles. The van der Waals surface area contributed by atoms with E-state index in [-0.39, 0.29) is 17.7 Å². The summed E-state index contributed by atoms with van der Waals surface area (Å²) in [6.45, 7) is 2.76. The minimum atomic E-state index is -0.585. The highest BCUT2D eigenvalue weighted by molar-refractivity contribution is 6.05. The van der Waals surface area contributed by atoms with Crippen molar-refractivity contribution in [3.8, 4) is 0 Å². The van der Waals surface area contributed by atoms with Gasteiger partial charge in [-0.15, -0.1) is 0 Å². The summed E-state index contributed by atoms with van der Waals surface area (Å²) in [7, 11) is 0. The Morgan fingerprint density at radius 1 is 1.18 bits per heavy atom. The van der Waals surface area contributed by atoms with Crippen LogP contribution in [0.15, 0.2) is 59.3 Å². The molecule has 4 fully saturated rings. The number of Topliss-reactive ketones (excluding diaryl/α,β-unsaturated/α-hetero) is 1. The summed E-state index contributed by atoms with van der Waals surface area (Å²) in [6.07, 6.45) is 6.04. The Morgan fingerprint density at radius 2 is 2.04 bits per heavy atom. The van der Waals surface area contributed by atoms with Gasteiger partial charge in [0.25, 0.3) is 0 Å². The van der Waals surface area contributed by atoms with Crippen LogP contribution in [0.3, 0.4) is 0 Å². The minimum Gasteiger partial charge on any atom is -0.453 e. The molecule has 2 aromatic heterocycles. The third kappa shape index (κ3) is 2.09. The number of fused-ring (bicyclic) bond motifs is 3. The number of nitrogens with zero attached hydrogens (tertiary/aromatic N) is 2. The molecule has 1 N–H and O–H groups in total. The van der Waals surface area contributed by atoms with Crippen molar-refractivity contribution in [1.29, 1.82) is 0 Å². The number of piperidine rings is 3. The van der Waals surface area contributed by atoms with E-state index < -0.39 is 5.54 Å². The molecule has 3 unspecified atom stereocenters. The lowest BCUT2D eigenvalue weighted by Gasteiger charge is -2.57. The predicted octanol–water partition coefficient (Wildman–Crippen LogP) is 3.23. The SMILES string of the molecule is O=C(c1cc2ccccc2o1)C12C(c3cccnc3)CNC1C1CCN2CC1. The zero-order valence-electron chi connectivity index (χ0n) is 15.7. The van der Waals surface area contributed by atoms with Gasteiger partial charge >= 0.3 is 0 Å². The molecule has 2 bridgehead atoms. The fourth-order valence-corrected chi connectivity index (χ4v) is 6.01. The van der Waals surface area contributed by atoms with E-state index in [2.05, 4.69) is 21.3 Å². The summed E-state index contributed by atoms with van der Waals surface area (Å²) in [5.74, 6) is 1.23. The van der Waals surface area contributed by atoms with Gasteiger partial charge in [-0.2, -0.15) is 0 Å². The van der Waals surface area contributed by atoms with E-state index in [0.29, 0.717) is 11.7 Å². The van der Waals surface area contributed by atoms with Crippen molar-refractivity contribution in [3.05, 3.63) is 66.2 Å². The number of benzene rings is 1. The van der Waals surface area contributed by atoms with E-state index in [1.807, 2.05) is 42.6 Å². The number of nitrogens with one attached hydrogen (secondary N) is 1. The average Bonchev–Trinajstić information content (AvgIpc) is 3.38. The lowest BCUT2D eigenvalue weighted by molar-refractivity contribution is -0.0325. The average molecular weight is 373 g/mol. The molecule has 5 nitrogen and oxygen atoms in total. The first-order valence-electron chi connectivity index (χ1n) is 10.2. The van der Waals surface area contributed by atoms with Crippen molar-refractivity contribution >= 4 is 16.8 Å². The maximum atomic E-state index is 14.2. The number of hydrogen-bond donors (Lipinski definition) is 1. The maximum Gasteiger partial charge on any atom is 0.220 e. The molecule has 0 saturated carbocycles. The first-order chi connectivity index (χ1) is 13.8. The van der Waals surface area contributed by atoms with Gasteiger partial charge in [0, 0.05) is 36.3 Å². The highest BCUT2D eigenvalue weighted by atomic mass is 16.3. The van der Waals surface area contributed by atoms with Gasteiger partial charge in [-0.25, -0.2) is 0 Å². The van der Waals surface area contributed by atoms with Crippen LogP contribution < -0.4 is 5.32 Å². The van der Waals surface area contributed by atoms with Gasteiger partial charge in [-0.05, 0) is 55.6 Å². The van der Waals surface area contributed by atoms with Crippen molar-refractivity contribution in [2.24, 2.45) is 5.92 Å². The molecule has 3 atom stereocenters. The molecule has 28 heavy (non-hydrogen) atoms. The Hall–Kier alpha value is -2.50. The van der Waals surface area contributed by atoms with Gasteiger partial charge in [0.15, 0.2) is 5.76 Å². The number of pyridine rings is 1. The quantitative estimate of drug-likeness (QED) is 0.715. The molecular formula is C23H23N3O2. The fourth-order valence-electron chi connectivity index (χ4n) is 6.01. The molecule has 3 aromatic rings. The smallest absolute Gasteiger partial charge is 0.220 e. The monoisotopic (exact) mass is 373 g/mol. The van der Waals surface area contributed by atoms with Crippen LogP contribution in [0.2, 0.25) is 0 Å². The van der Waals surface area contributed by atoms with E-state index in [4.69, 9.17) is 4.42 Å². The molecule has 5 heteroatoms. The van der Waals surface area contributed by atoms with Gasteiger partial charge in [0.1, 0.15) is 11.1 Å². The number of aromatic nitrogens is 1. The van der Waals surface area contributed by atoms with Crippen LogP contribution in [0.25, 0.3) is 11.0 Å². The number of furan rings is 1. The van der Waals surface area contributed by atoms with Crippen LogP contribution in [0.1, 0.15) is 34.9 Å². The molecule has 0 spiro atoms. The molecule has 0 radical (unpaired) electrons.